The zero-order valence-electron chi connectivity index (χ0n) is 10.9. The first kappa shape index (κ1) is 14.1. The number of amides is 1. The van der Waals surface area contributed by atoms with Crippen LogP contribution in [0.5, 0.6) is 11.8 Å². The van der Waals surface area contributed by atoms with Gasteiger partial charge in [0.05, 0.1) is 7.11 Å². The maximum absolute atomic E-state index is 11.9. The molecule has 7 nitrogen and oxygen atoms in total. The molecule has 0 radical (unpaired) electrons. The van der Waals surface area contributed by atoms with Crippen molar-refractivity contribution in [1.82, 2.24) is 15.2 Å². The molecule has 0 aliphatic heterocycles. The van der Waals surface area contributed by atoms with E-state index in [-0.39, 0.29) is 17.9 Å². The molecule has 1 aromatic carbocycles. The minimum atomic E-state index is -0.702. The van der Waals surface area contributed by atoms with Gasteiger partial charge in [0.15, 0.2) is 6.10 Å². The van der Waals surface area contributed by atoms with E-state index in [0.29, 0.717) is 10.8 Å². The van der Waals surface area contributed by atoms with Crippen LogP contribution >= 0.6 is 11.6 Å². The molecule has 0 aliphatic rings. The van der Waals surface area contributed by atoms with Gasteiger partial charge in [0.2, 0.25) is 5.95 Å². The first-order valence-corrected chi connectivity index (χ1v) is 6.16. The summed E-state index contributed by atoms with van der Waals surface area (Å²) in [5.74, 6) is 0.379. The van der Waals surface area contributed by atoms with Crippen LogP contribution in [-0.4, -0.2) is 34.3 Å². The molecule has 20 heavy (non-hydrogen) atoms. The summed E-state index contributed by atoms with van der Waals surface area (Å²) in [4.78, 5) is 15.8. The molecule has 0 fully saturated rings. The van der Waals surface area contributed by atoms with Crippen LogP contribution in [0.1, 0.15) is 6.92 Å². The van der Waals surface area contributed by atoms with Gasteiger partial charge in [0.25, 0.3) is 5.91 Å². The van der Waals surface area contributed by atoms with E-state index in [1.54, 1.807) is 31.2 Å². The van der Waals surface area contributed by atoms with Crippen LogP contribution in [0, 0.1) is 0 Å². The van der Waals surface area contributed by atoms with Crippen molar-refractivity contribution < 1.29 is 14.3 Å². The van der Waals surface area contributed by atoms with Gasteiger partial charge in [0, 0.05) is 5.02 Å². The van der Waals surface area contributed by atoms with Crippen molar-refractivity contribution in [3.05, 3.63) is 29.3 Å². The van der Waals surface area contributed by atoms with Crippen LogP contribution < -0.4 is 14.8 Å². The number of carbonyl (C=O) groups is 1. The smallest absolute Gasteiger partial charge is 0.336 e. The maximum Gasteiger partial charge on any atom is 0.336 e. The fourth-order valence-corrected chi connectivity index (χ4v) is 1.51. The van der Waals surface area contributed by atoms with E-state index in [1.165, 1.54) is 7.11 Å². The Bertz CT molecular complexity index is 585. The number of anilines is 1. The first-order valence-electron chi connectivity index (χ1n) is 5.78. The Morgan fingerprint density at radius 2 is 2.10 bits per heavy atom. The van der Waals surface area contributed by atoms with Crippen molar-refractivity contribution in [2.24, 2.45) is 0 Å². The second kappa shape index (κ2) is 6.25. The van der Waals surface area contributed by atoms with Crippen LogP contribution in [0.15, 0.2) is 24.3 Å². The average Bonchev–Trinajstić information content (AvgIpc) is 2.89. The molecule has 0 aliphatic carbocycles. The molecule has 8 heteroatoms. The van der Waals surface area contributed by atoms with Crippen LogP contribution in [0.4, 0.5) is 5.95 Å². The molecule has 2 N–H and O–H groups in total. The van der Waals surface area contributed by atoms with Crippen LogP contribution in [0.3, 0.4) is 0 Å². The zero-order valence-corrected chi connectivity index (χ0v) is 11.6. The molecule has 2 rings (SSSR count). The summed E-state index contributed by atoms with van der Waals surface area (Å²) in [5.41, 5.74) is 0. The number of aromatic nitrogens is 3. The molecule has 1 heterocycles. The lowest BCUT2D eigenvalue weighted by Crippen LogP contribution is -2.30. The number of rotatable bonds is 5. The topological polar surface area (TPSA) is 89.1 Å². The fourth-order valence-electron chi connectivity index (χ4n) is 1.38. The van der Waals surface area contributed by atoms with E-state index in [0.717, 1.165) is 0 Å². The minimum Gasteiger partial charge on any atom is -0.481 e. The number of hydrogen-bond acceptors (Lipinski definition) is 5. The summed E-state index contributed by atoms with van der Waals surface area (Å²) >= 11 is 5.77. The molecule has 0 saturated heterocycles. The molecular weight excluding hydrogens is 284 g/mol. The minimum absolute atomic E-state index is 0.145. The Hall–Kier alpha value is -2.28. The number of benzene rings is 1. The summed E-state index contributed by atoms with van der Waals surface area (Å²) in [7, 11) is 1.43. The van der Waals surface area contributed by atoms with Crippen LogP contribution in [0.2, 0.25) is 5.02 Å². The highest BCUT2D eigenvalue weighted by atomic mass is 35.5. The van der Waals surface area contributed by atoms with Crippen LogP contribution in [-0.2, 0) is 4.79 Å². The molecule has 0 spiro atoms. The third kappa shape index (κ3) is 3.61. The molecule has 1 atom stereocenters. The highest BCUT2D eigenvalue weighted by Gasteiger charge is 2.16. The van der Waals surface area contributed by atoms with Crippen molar-refractivity contribution in [2.45, 2.75) is 13.0 Å². The first-order chi connectivity index (χ1) is 9.58. The summed E-state index contributed by atoms with van der Waals surface area (Å²) in [6, 6.07) is 6.88. The maximum atomic E-state index is 11.9. The van der Waals surface area contributed by atoms with Crippen molar-refractivity contribution in [2.75, 3.05) is 12.4 Å². The Morgan fingerprint density at radius 1 is 1.40 bits per heavy atom. The molecule has 106 valence electrons. The van der Waals surface area contributed by atoms with Gasteiger partial charge in [-0.05, 0) is 31.2 Å². The number of methoxy groups -OCH3 is 1. The second-order valence-corrected chi connectivity index (χ2v) is 4.31. The highest BCUT2D eigenvalue weighted by Crippen LogP contribution is 2.17. The fraction of sp³-hybridized carbons (Fsp3) is 0.250. The number of halogens is 1. The van der Waals surface area contributed by atoms with Crippen LogP contribution in [0.25, 0.3) is 0 Å². The number of nitrogens with zero attached hydrogens (tertiary/aromatic N) is 2. The molecule has 1 unspecified atom stereocenters. The van der Waals surface area contributed by atoms with Crippen molar-refractivity contribution >= 4 is 23.5 Å². The second-order valence-electron chi connectivity index (χ2n) is 3.87. The zero-order chi connectivity index (χ0) is 14.5. The quantitative estimate of drug-likeness (QED) is 0.879. The summed E-state index contributed by atoms with van der Waals surface area (Å²) in [5, 5.41) is 9.36. The summed E-state index contributed by atoms with van der Waals surface area (Å²) in [6.45, 7) is 1.62. The van der Waals surface area contributed by atoms with E-state index >= 15 is 0 Å². The third-order valence-corrected chi connectivity index (χ3v) is 2.64. The molecular formula is C12H13ClN4O3. The van der Waals surface area contributed by atoms with Crippen molar-refractivity contribution in [3.63, 3.8) is 0 Å². The third-order valence-electron chi connectivity index (χ3n) is 2.38. The van der Waals surface area contributed by atoms with Gasteiger partial charge >= 0.3 is 6.01 Å². The number of hydrogen-bond donors (Lipinski definition) is 2. The van der Waals surface area contributed by atoms with E-state index in [4.69, 9.17) is 21.1 Å². The Balaban J connectivity index is 1.93. The van der Waals surface area contributed by atoms with Gasteiger partial charge < -0.3 is 9.47 Å². The molecule has 0 saturated carbocycles. The van der Waals surface area contributed by atoms with E-state index in [1.807, 2.05) is 0 Å². The van der Waals surface area contributed by atoms with Gasteiger partial charge in [-0.2, -0.15) is 4.98 Å². The van der Waals surface area contributed by atoms with E-state index < -0.39 is 6.10 Å². The van der Waals surface area contributed by atoms with E-state index in [2.05, 4.69) is 20.5 Å². The summed E-state index contributed by atoms with van der Waals surface area (Å²) < 4.78 is 10.3. The van der Waals surface area contributed by atoms with E-state index in [9.17, 15) is 4.79 Å². The van der Waals surface area contributed by atoms with Gasteiger partial charge in [-0.25, -0.2) is 5.10 Å². The standard InChI is InChI=1S/C12H13ClN4O3/c1-7(20-9-5-3-8(13)4-6-9)10(18)14-11-15-12(19-2)17-16-11/h3-7H,1-2H3,(H2,14,15,16,17,18). The van der Waals surface area contributed by atoms with Gasteiger partial charge in [-0.1, -0.05) is 11.6 Å². The van der Waals surface area contributed by atoms with Crippen molar-refractivity contribution in [3.8, 4) is 11.8 Å². The van der Waals surface area contributed by atoms with Gasteiger partial charge in [0.1, 0.15) is 5.75 Å². The predicted octanol–water partition coefficient (Wildman–Crippen LogP) is 1.87. The monoisotopic (exact) mass is 296 g/mol. The summed E-state index contributed by atoms with van der Waals surface area (Å²) in [6.07, 6.45) is -0.702. The molecule has 1 aromatic heterocycles. The normalized spacial score (nSPS) is 11.8. The molecule has 2 aromatic rings. The average molecular weight is 297 g/mol. The lowest BCUT2D eigenvalue weighted by atomic mass is 10.3. The Morgan fingerprint density at radius 3 is 2.70 bits per heavy atom. The van der Waals surface area contributed by atoms with Gasteiger partial charge in [-0.3, -0.25) is 10.1 Å². The SMILES string of the molecule is COc1n[nH]c(NC(=O)C(C)Oc2ccc(Cl)cc2)n1. The number of ether oxygens (including phenoxy) is 2. The number of carbonyl (C=O) groups excluding carboxylic acids is 1. The number of nitrogens with one attached hydrogen (secondary N) is 2. The number of H-pyrrole nitrogens is 1. The lowest BCUT2D eigenvalue weighted by molar-refractivity contribution is -0.122. The Labute approximate surface area is 120 Å². The largest absolute Gasteiger partial charge is 0.481 e. The number of aromatic amines is 1. The van der Waals surface area contributed by atoms with Crippen molar-refractivity contribution in [1.29, 1.82) is 0 Å². The van der Waals surface area contributed by atoms with Gasteiger partial charge in [-0.15, -0.1) is 5.10 Å². The Kier molecular flexibility index (Phi) is 4.41. The lowest BCUT2D eigenvalue weighted by Gasteiger charge is -2.13. The predicted molar refractivity (Wildman–Crippen MR) is 73.1 cm³/mol. The highest BCUT2D eigenvalue weighted by molar-refractivity contribution is 6.30. The molecule has 0 bridgehead atoms. The molecule has 1 amide bonds.